The number of carbonyl (C=O) groups is 2. The Kier molecular flexibility index (Phi) is 7.44. The van der Waals surface area contributed by atoms with Crippen molar-refractivity contribution in [3.63, 3.8) is 0 Å². The van der Waals surface area contributed by atoms with E-state index >= 15 is 0 Å². The lowest BCUT2D eigenvalue weighted by molar-refractivity contribution is -0.131. The maximum absolute atomic E-state index is 13.2. The normalized spacial score (nSPS) is 10.9. The molecule has 0 saturated heterocycles. The number of rotatable bonds is 9. The van der Waals surface area contributed by atoms with Gasteiger partial charge in [0.15, 0.2) is 16.8 Å². The van der Waals surface area contributed by atoms with E-state index in [0.717, 1.165) is 49.4 Å². The van der Waals surface area contributed by atoms with Crippen molar-refractivity contribution in [2.24, 2.45) is 0 Å². The fraction of sp³-hybridized carbons (Fsp3) is 0.500. The molecule has 0 bridgehead atoms. The molecule has 5 nitrogen and oxygen atoms in total. The highest BCUT2D eigenvalue weighted by molar-refractivity contribution is 7.22. The summed E-state index contributed by atoms with van der Waals surface area (Å²) in [7, 11) is 0. The van der Waals surface area contributed by atoms with Crippen LogP contribution in [-0.2, 0) is 9.59 Å². The minimum Gasteiger partial charge on any atom is -0.343 e. The Bertz CT molecular complexity index is 734. The summed E-state index contributed by atoms with van der Waals surface area (Å²) in [6.45, 7) is 5.52. The minimum atomic E-state index is -0.970. The van der Waals surface area contributed by atoms with Crippen molar-refractivity contribution in [3.05, 3.63) is 23.8 Å². The molecule has 1 N–H and O–H groups in total. The maximum Gasteiger partial charge on any atom is 0.226 e. The number of aromatic nitrogens is 1. The third-order valence-electron chi connectivity index (χ3n) is 3.81. The molecule has 1 aromatic heterocycles. The molecule has 0 spiro atoms. The highest BCUT2D eigenvalue weighted by Gasteiger charge is 2.14. The van der Waals surface area contributed by atoms with E-state index in [0.29, 0.717) is 28.2 Å². The Balaban J connectivity index is 1.84. The van der Waals surface area contributed by atoms with Crippen LogP contribution >= 0.6 is 11.3 Å². The van der Waals surface area contributed by atoms with Gasteiger partial charge in [-0.1, -0.05) is 25.2 Å². The first-order valence-corrected chi connectivity index (χ1v) is 9.59. The summed E-state index contributed by atoms with van der Waals surface area (Å²) in [5, 5.41) is 2.91. The Morgan fingerprint density at radius 3 is 2.42 bits per heavy atom. The van der Waals surface area contributed by atoms with Crippen molar-refractivity contribution in [1.82, 2.24) is 9.88 Å². The molecule has 0 radical (unpaired) electrons. The van der Waals surface area contributed by atoms with Gasteiger partial charge in [0.25, 0.3) is 0 Å². The van der Waals surface area contributed by atoms with Gasteiger partial charge in [-0.3, -0.25) is 9.59 Å². The van der Waals surface area contributed by atoms with Crippen molar-refractivity contribution in [1.29, 1.82) is 0 Å². The van der Waals surface area contributed by atoms with Crippen LogP contribution in [0.25, 0.3) is 10.2 Å². The molecule has 2 aromatic rings. The molecule has 1 heterocycles. The molecule has 0 atom stereocenters. The van der Waals surface area contributed by atoms with Crippen molar-refractivity contribution in [2.75, 3.05) is 18.4 Å². The number of carbonyl (C=O) groups excluding carboxylic acids is 2. The highest BCUT2D eigenvalue weighted by Crippen LogP contribution is 2.27. The van der Waals surface area contributed by atoms with Crippen LogP contribution in [0, 0.1) is 11.6 Å². The number of anilines is 1. The van der Waals surface area contributed by atoms with Gasteiger partial charge in [-0.25, -0.2) is 13.8 Å². The number of hydrogen-bond acceptors (Lipinski definition) is 4. The van der Waals surface area contributed by atoms with Crippen LogP contribution in [0.15, 0.2) is 12.1 Å². The third kappa shape index (κ3) is 5.45. The molecule has 0 aliphatic rings. The van der Waals surface area contributed by atoms with Crippen LogP contribution in [-0.4, -0.2) is 34.8 Å². The van der Waals surface area contributed by atoms with Crippen LogP contribution in [0.3, 0.4) is 0 Å². The van der Waals surface area contributed by atoms with Gasteiger partial charge in [0, 0.05) is 32.0 Å². The average Bonchev–Trinajstić information content (AvgIpc) is 2.95. The molecular formula is C18H23F2N3O2S. The lowest BCUT2D eigenvalue weighted by Crippen LogP contribution is -2.32. The maximum atomic E-state index is 13.2. The van der Waals surface area contributed by atoms with Gasteiger partial charge < -0.3 is 10.2 Å². The second-order valence-electron chi connectivity index (χ2n) is 6.04. The monoisotopic (exact) mass is 383 g/mol. The Labute approximate surface area is 155 Å². The number of hydrogen-bond donors (Lipinski definition) is 1. The highest BCUT2D eigenvalue weighted by atomic mass is 32.1. The van der Waals surface area contributed by atoms with Gasteiger partial charge in [-0.15, -0.1) is 0 Å². The Morgan fingerprint density at radius 2 is 1.77 bits per heavy atom. The molecular weight excluding hydrogens is 360 g/mol. The number of benzene rings is 1. The molecule has 2 amide bonds. The zero-order valence-corrected chi connectivity index (χ0v) is 15.8. The van der Waals surface area contributed by atoms with Gasteiger partial charge in [0.05, 0.1) is 10.2 Å². The fourth-order valence-corrected chi connectivity index (χ4v) is 3.51. The minimum absolute atomic E-state index is 0.0624. The van der Waals surface area contributed by atoms with E-state index in [9.17, 15) is 18.4 Å². The zero-order chi connectivity index (χ0) is 19.1. The first kappa shape index (κ1) is 20.2. The SMILES string of the molecule is CCCN(CCC)C(=O)CCCC(=O)Nc1nc2cc(F)c(F)cc2s1. The number of halogens is 2. The molecule has 1 aromatic carbocycles. The van der Waals surface area contributed by atoms with E-state index in [1.165, 1.54) is 0 Å². The van der Waals surface area contributed by atoms with Gasteiger partial charge >= 0.3 is 0 Å². The van der Waals surface area contributed by atoms with Crippen LogP contribution in [0.4, 0.5) is 13.9 Å². The zero-order valence-electron chi connectivity index (χ0n) is 15.0. The van der Waals surface area contributed by atoms with Gasteiger partial charge in [0.2, 0.25) is 11.8 Å². The summed E-state index contributed by atoms with van der Waals surface area (Å²) < 4.78 is 26.9. The number of fused-ring (bicyclic) bond motifs is 1. The van der Waals surface area contributed by atoms with Crippen LogP contribution in [0.2, 0.25) is 0 Å². The summed E-state index contributed by atoms with van der Waals surface area (Å²) in [6.07, 6.45) is 2.78. The topological polar surface area (TPSA) is 62.3 Å². The summed E-state index contributed by atoms with van der Waals surface area (Å²) in [6, 6.07) is 2.07. The first-order valence-electron chi connectivity index (χ1n) is 8.77. The van der Waals surface area contributed by atoms with Crippen LogP contribution in [0.5, 0.6) is 0 Å². The predicted octanol–water partition coefficient (Wildman–Crippen LogP) is 4.33. The fourth-order valence-electron chi connectivity index (χ4n) is 2.62. The average molecular weight is 383 g/mol. The van der Waals surface area contributed by atoms with Gasteiger partial charge in [0.1, 0.15) is 0 Å². The van der Waals surface area contributed by atoms with E-state index in [1.807, 2.05) is 18.7 Å². The number of nitrogens with zero attached hydrogens (tertiary/aromatic N) is 2. The molecule has 0 saturated carbocycles. The second kappa shape index (κ2) is 9.56. The first-order chi connectivity index (χ1) is 12.4. The van der Waals surface area contributed by atoms with Crippen molar-refractivity contribution >= 4 is 38.5 Å². The van der Waals surface area contributed by atoms with Gasteiger partial charge in [-0.2, -0.15) is 0 Å². The van der Waals surface area contributed by atoms with E-state index in [4.69, 9.17) is 0 Å². The van der Waals surface area contributed by atoms with Crippen LogP contribution in [0.1, 0.15) is 46.0 Å². The summed E-state index contributed by atoms with van der Waals surface area (Å²) in [4.78, 5) is 30.1. The molecule has 8 heteroatoms. The van der Waals surface area contributed by atoms with Crippen molar-refractivity contribution < 1.29 is 18.4 Å². The van der Waals surface area contributed by atoms with Gasteiger partial charge in [-0.05, 0) is 25.3 Å². The number of amides is 2. The van der Waals surface area contributed by atoms with E-state index in [2.05, 4.69) is 10.3 Å². The smallest absolute Gasteiger partial charge is 0.226 e. The standard InChI is InChI=1S/C18H23F2N3O2S/c1-3-8-23(9-4-2)17(25)7-5-6-16(24)22-18-21-14-10-12(19)13(20)11-15(14)26-18/h10-11H,3-9H2,1-2H3,(H,21,22,24). The Hall–Kier alpha value is -2.09. The molecule has 0 fully saturated rings. The largest absolute Gasteiger partial charge is 0.343 e. The molecule has 0 unspecified atom stereocenters. The van der Waals surface area contributed by atoms with E-state index in [1.54, 1.807) is 0 Å². The second-order valence-corrected chi connectivity index (χ2v) is 7.07. The molecule has 0 aliphatic carbocycles. The number of nitrogens with one attached hydrogen (secondary N) is 1. The Morgan fingerprint density at radius 1 is 1.12 bits per heavy atom. The lowest BCUT2D eigenvalue weighted by Gasteiger charge is -2.21. The molecule has 2 rings (SSSR count). The summed E-state index contributed by atoms with van der Waals surface area (Å²) >= 11 is 1.08. The number of thiazole rings is 1. The van der Waals surface area contributed by atoms with Crippen molar-refractivity contribution in [2.45, 2.75) is 46.0 Å². The third-order valence-corrected chi connectivity index (χ3v) is 4.74. The van der Waals surface area contributed by atoms with Crippen LogP contribution < -0.4 is 5.32 Å². The molecule has 26 heavy (non-hydrogen) atoms. The summed E-state index contributed by atoms with van der Waals surface area (Å²) in [5.41, 5.74) is 0.300. The van der Waals surface area contributed by atoms with Crippen molar-refractivity contribution in [3.8, 4) is 0 Å². The quantitative estimate of drug-likeness (QED) is 0.701. The predicted molar refractivity (Wildman–Crippen MR) is 99.2 cm³/mol. The lowest BCUT2D eigenvalue weighted by atomic mass is 10.2. The van der Waals surface area contributed by atoms with E-state index in [-0.39, 0.29) is 18.2 Å². The molecule has 142 valence electrons. The molecule has 0 aliphatic heterocycles. The summed E-state index contributed by atoms with van der Waals surface area (Å²) in [5.74, 6) is -2.12. The van der Waals surface area contributed by atoms with E-state index < -0.39 is 11.6 Å².